The molecule has 2 heterocycles. The van der Waals surface area contributed by atoms with Crippen molar-refractivity contribution in [3.05, 3.63) is 17.5 Å². The predicted molar refractivity (Wildman–Crippen MR) is 76.1 cm³/mol. The fraction of sp³-hybridized carbons (Fsp3) is 0.692. The van der Waals surface area contributed by atoms with Crippen LogP contribution in [0.4, 0.5) is 0 Å². The highest BCUT2D eigenvalue weighted by atomic mass is 32.2. The van der Waals surface area contributed by atoms with Gasteiger partial charge in [-0.05, 0) is 24.3 Å². The van der Waals surface area contributed by atoms with Crippen molar-refractivity contribution in [3.63, 3.8) is 0 Å². The van der Waals surface area contributed by atoms with Crippen LogP contribution in [0.15, 0.2) is 21.7 Å². The third-order valence-corrected chi connectivity index (χ3v) is 6.61. The molecule has 2 aliphatic rings. The van der Waals surface area contributed by atoms with Crippen LogP contribution in [0.3, 0.4) is 0 Å². The van der Waals surface area contributed by atoms with Crippen LogP contribution in [0, 0.1) is 0 Å². The highest BCUT2D eigenvalue weighted by molar-refractivity contribution is 7.91. The van der Waals surface area contributed by atoms with Crippen molar-refractivity contribution in [1.82, 2.24) is 4.72 Å². The van der Waals surface area contributed by atoms with Crippen molar-refractivity contribution in [3.8, 4) is 0 Å². The summed E-state index contributed by atoms with van der Waals surface area (Å²) in [5.74, 6) is -0.447. The van der Waals surface area contributed by atoms with Crippen LogP contribution in [0.25, 0.3) is 0 Å². The molecule has 5 nitrogen and oxygen atoms in total. The van der Waals surface area contributed by atoms with E-state index in [2.05, 4.69) is 4.72 Å². The molecule has 20 heavy (non-hydrogen) atoms. The third kappa shape index (κ3) is 3.07. The largest absolute Gasteiger partial charge is 0.347 e. The molecule has 1 N–H and O–H groups in total. The van der Waals surface area contributed by atoms with E-state index in [1.54, 1.807) is 17.5 Å². The first-order valence-electron chi connectivity index (χ1n) is 6.95. The molecule has 1 saturated carbocycles. The van der Waals surface area contributed by atoms with Crippen molar-refractivity contribution in [2.45, 2.75) is 48.2 Å². The van der Waals surface area contributed by atoms with Crippen LogP contribution in [0.1, 0.15) is 32.1 Å². The van der Waals surface area contributed by atoms with Gasteiger partial charge >= 0.3 is 0 Å². The van der Waals surface area contributed by atoms with Gasteiger partial charge in [0.25, 0.3) is 0 Å². The van der Waals surface area contributed by atoms with Crippen LogP contribution in [0.2, 0.25) is 0 Å². The first kappa shape index (κ1) is 14.5. The summed E-state index contributed by atoms with van der Waals surface area (Å²) in [4.78, 5) is 0. The summed E-state index contributed by atoms with van der Waals surface area (Å²) in [6.07, 6.45) is 5.11. The molecule has 0 aromatic carbocycles. The summed E-state index contributed by atoms with van der Waals surface area (Å²) in [7, 11) is -3.41. The number of ether oxygens (including phenoxy) is 2. The molecule has 1 atom stereocenters. The van der Waals surface area contributed by atoms with Crippen molar-refractivity contribution in [1.29, 1.82) is 0 Å². The Labute approximate surface area is 123 Å². The van der Waals surface area contributed by atoms with Gasteiger partial charge in [0.05, 0.1) is 12.7 Å². The molecule has 1 aromatic heterocycles. The number of thiophene rings is 1. The Morgan fingerprint density at radius 2 is 2.15 bits per heavy atom. The molecule has 7 heteroatoms. The van der Waals surface area contributed by atoms with Gasteiger partial charge in [0, 0.05) is 19.4 Å². The Bertz CT molecular complexity index is 535. The van der Waals surface area contributed by atoms with Crippen LogP contribution in [-0.2, 0) is 19.5 Å². The van der Waals surface area contributed by atoms with Gasteiger partial charge in [-0.2, -0.15) is 0 Å². The Kier molecular flexibility index (Phi) is 4.14. The first-order valence-corrected chi connectivity index (χ1v) is 9.31. The normalized spacial score (nSPS) is 26.1. The fourth-order valence-electron chi connectivity index (χ4n) is 2.76. The summed E-state index contributed by atoms with van der Waals surface area (Å²) in [5, 5.41) is 1.75. The van der Waals surface area contributed by atoms with Crippen LogP contribution in [0.5, 0.6) is 0 Å². The molecular weight excluding hydrogens is 298 g/mol. The van der Waals surface area contributed by atoms with E-state index < -0.39 is 15.8 Å². The minimum absolute atomic E-state index is 0.192. The molecule has 3 rings (SSSR count). The second-order valence-corrected chi connectivity index (χ2v) is 8.25. The minimum Gasteiger partial charge on any atom is -0.347 e. The molecule has 0 unspecified atom stereocenters. The van der Waals surface area contributed by atoms with Gasteiger partial charge in [0.2, 0.25) is 10.0 Å². The smallest absolute Gasteiger partial charge is 0.250 e. The molecule has 1 aliphatic carbocycles. The van der Waals surface area contributed by atoms with Crippen LogP contribution < -0.4 is 4.72 Å². The molecule has 112 valence electrons. The lowest BCUT2D eigenvalue weighted by Crippen LogP contribution is -2.37. The topological polar surface area (TPSA) is 64.6 Å². The monoisotopic (exact) mass is 317 g/mol. The second-order valence-electron chi connectivity index (χ2n) is 5.31. The molecule has 0 radical (unpaired) electrons. The lowest BCUT2D eigenvalue weighted by atomic mass is 9.94. The Morgan fingerprint density at radius 3 is 2.85 bits per heavy atom. The highest BCUT2D eigenvalue weighted by Gasteiger charge is 2.42. The zero-order valence-corrected chi connectivity index (χ0v) is 12.8. The van der Waals surface area contributed by atoms with Gasteiger partial charge in [-0.1, -0.05) is 12.5 Å². The molecule has 0 bridgehead atoms. The summed E-state index contributed by atoms with van der Waals surface area (Å²) >= 11 is 1.21. The molecule has 1 aliphatic heterocycles. The van der Waals surface area contributed by atoms with Crippen molar-refractivity contribution >= 4 is 21.4 Å². The Balaban J connectivity index is 1.55. The molecule has 1 saturated heterocycles. The average Bonchev–Trinajstić information content (AvgIpc) is 3.08. The molecular formula is C13H19NO4S2. The third-order valence-electron chi connectivity index (χ3n) is 3.79. The summed E-state index contributed by atoms with van der Waals surface area (Å²) in [5.41, 5.74) is 0. The van der Waals surface area contributed by atoms with E-state index in [-0.39, 0.29) is 12.6 Å². The number of hydrogen-bond acceptors (Lipinski definition) is 5. The van der Waals surface area contributed by atoms with E-state index in [4.69, 9.17) is 9.47 Å². The highest BCUT2D eigenvalue weighted by Crippen LogP contribution is 2.37. The predicted octanol–water partition coefficient (Wildman–Crippen LogP) is 2.10. The molecule has 0 amide bonds. The Morgan fingerprint density at radius 1 is 1.35 bits per heavy atom. The first-order chi connectivity index (χ1) is 9.60. The standard InChI is InChI=1S/C13H19NO4S2/c15-20(16,12-5-4-8-19-12)14-9-11-10-17-13(18-11)6-2-1-3-7-13/h4-5,8,11,14H,1-3,6-7,9-10H2/t11-/m0/s1. The van der Waals surface area contributed by atoms with E-state index in [1.807, 2.05) is 0 Å². The molecule has 1 spiro atoms. The maximum Gasteiger partial charge on any atom is 0.250 e. The number of nitrogens with one attached hydrogen (secondary N) is 1. The molecule has 1 aromatic rings. The zero-order valence-electron chi connectivity index (χ0n) is 11.2. The molecule has 2 fully saturated rings. The number of rotatable bonds is 4. The lowest BCUT2D eigenvalue weighted by Gasteiger charge is -2.31. The lowest BCUT2D eigenvalue weighted by molar-refractivity contribution is -0.186. The van der Waals surface area contributed by atoms with E-state index >= 15 is 0 Å². The summed E-state index contributed by atoms with van der Waals surface area (Å²) in [6, 6.07) is 3.33. The average molecular weight is 317 g/mol. The van der Waals surface area contributed by atoms with Gasteiger partial charge in [-0.3, -0.25) is 0 Å². The van der Waals surface area contributed by atoms with Crippen molar-refractivity contribution in [2.24, 2.45) is 0 Å². The fourth-order valence-corrected chi connectivity index (χ4v) is 4.86. The van der Waals surface area contributed by atoms with E-state index in [0.717, 1.165) is 25.7 Å². The van der Waals surface area contributed by atoms with Gasteiger partial charge in [-0.25, -0.2) is 13.1 Å². The van der Waals surface area contributed by atoms with Gasteiger partial charge < -0.3 is 9.47 Å². The number of sulfonamides is 1. The zero-order chi connectivity index (χ0) is 14.1. The van der Waals surface area contributed by atoms with Crippen LogP contribution >= 0.6 is 11.3 Å². The van der Waals surface area contributed by atoms with Gasteiger partial charge in [-0.15, -0.1) is 11.3 Å². The maximum absolute atomic E-state index is 12.0. The summed E-state index contributed by atoms with van der Waals surface area (Å²) < 4.78 is 38.7. The SMILES string of the molecule is O=S(=O)(NC[C@H]1COC2(CCCCC2)O1)c1cccs1. The van der Waals surface area contributed by atoms with Gasteiger partial charge in [0.1, 0.15) is 4.21 Å². The quantitative estimate of drug-likeness (QED) is 0.923. The van der Waals surface area contributed by atoms with E-state index in [9.17, 15) is 8.42 Å². The van der Waals surface area contributed by atoms with E-state index in [1.165, 1.54) is 17.8 Å². The summed E-state index contributed by atoms with van der Waals surface area (Å²) in [6.45, 7) is 0.731. The van der Waals surface area contributed by atoms with Gasteiger partial charge in [0.15, 0.2) is 5.79 Å². The minimum atomic E-state index is -3.41. The second kappa shape index (κ2) is 5.73. The van der Waals surface area contributed by atoms with Crippen LogP contribution in [-0.4, -0.2) is 33.5 Å². The van der Waals surface area contributed by atoms with E-state index in [0.29, 0.717) is 10.8 Å². The maximum atomic E-state index is 12.0. The van der Waals surface area contributed by atoms with Crippen molar-refractivity contribution < 1.29 is 17.9 Å². The van der Waals surface area contributed by atoms with Crippen molar-refractivity contribution in [2.75, 3.05) is 13.2 Å². The Hall–Kier alpha value is -0.470. The number of hydrogen-bond donors (Lipinski definition) is 1.